The lowest BCUT2D eigenvalue weighted by Crippen LogP contribution is -2.44. The maximum Gasteiger partial charge on any atom is 0.262 e. The zero-order valence-corrected chi connectivity index (χ0v) is 20.3. The van der Waals surface area contributed by atoms with E-state index in [1.165, 1.54) is 0 Å². The van der Waals surface area contributed by atoms with Gasteiger partial charge in [0.05, 0.1) is 16.1 Å². The Balaban J connectivity index is 1.54. The Bertz CT molecular complexity index is 1440. The number of likely N-dealkylation sites (N-methyl/N-ethyl adjacent to an activating group) is 1. The molecule has 6 nitrogen and oxygen atoms in total. The summed E-state index contributed by atoms with van der Waals surface area (Å²) in [6.07, 6.45) is 2.18. The first-order valence-electron chi connectivity index (χ1n) is 11.1. The topological polar surface area (TPSA) is 57.6 Å². The summed E-state index contributed by atoms with van der Waals surface area (Å²) in [4.78, 5) is 4.93. The van der Waals surface area contributed by atoms with Crippen molar-refractivity contribution in [2.24, 2.45) is 0 Å². The maximum absolute atomic E-state index is 13.4. The van der Waals surface area contributed by atoms with E-state index >= 15 is 0 Å². The van der Waals surface area contributed by atoms with Crippen molar-refractivity contribution in [2.45, 2.75) is 18.4 Å². The third-order valence-corrected chi connectivity index (χ3v) is 8.18. The number of nitrogens with zero attached hydrogens (tertiary/aromatic N) is 3. The Morgan fingerprint density at radius 3 is 2.42 bits per heavy atom. The zero-order chi connectivity index (χ0) is 23.2. The van der Waals surface area contributed by atoms with Crippen LogP contribution in [0.25, 0.3) is 21.7 Å². The summed E-state index contributed by atoms with van der Waals surface area (Å²) >= 11 is 6.30. The molecule has 172 valence electrons. The summed E-state index contributed by atoms with van der Waals surface area (Å²) in [6, 6.07) is 16.3. The number of aromatic nitrogens is 1. The number of nitrogens with one attached hydrogen (secondary N) is 1. The van der Waals surface area contributed by atoms with Gasteiger partial charge in [0, 0.05) is 65.8 Å². The van der Waals surface area contributed by atoms with Crippen LogP contribution in [-0.4, -0.2) is 51.1 Å². The summed E-state index contributed by atoms with van der Waals surface area (Å²) in [5.41, 5.74) is 2.80. The molecule has 1 saturated heterocycles. The molecule has 0 spiro atoms. The Kier molecular flexibility index (Phi) is 5.72. The molecule has 0 bridgehead atoms. The van der Waals surface area contributed by atoms with Gasteiger partial charge in [-0.2, -0.15) is 0 Å². The fourth-order valence-corrected chi connectivity index (χ4v) is 6.10. The third kappa shape index (κ3) is 4.05. The molecular formula is C25H27ClN4O2S. The summed E-state index contributed by atoms with van der Waals surface area (Å²) in [6.45, 7) is 6.89. The Hall–Kier alpha value is -2.74. The van der Waals surface area contributed by atoms with Crippen molar-refractivity contribution in [1.82, 2.24) is 9.47 Å². The van der Waals surface area contributed by atoms with Gasteiger partial charge in [-0.15, -0.1) is 0 Å². The largest absolute Gasteiger partial charge is 0.367 e. The normalized spacial score (nSPS) is 15.4. The van der Waals surface area contributed by atoms with E-state index < -0.39 is 10.0 Å². The second-order valence-corrected chi connectivity index (χ2v) is 10.6. The molecule has 33 heavy (non-hydrogen) atoms. The summed E-state index contributed by atoms with van der Waals surface area (Å²) in [5.74, 6) is 0. The lowest BCUT2D eigenvalue weighted by molar-refractivity contribution is 0.313. The number of aryl methyl sites for hydroxylation is 1. The van der Waals surface area contributed by atoms with Gasteiger partial charge in [-0.1, -0.05) is 35.9 Å². The first-order chi connectivity index (χ1) is 15.9. The van der Waals surface area contributed by atoms with Gasteiger partial charge < -0.3 is 14.4 Å². The van der Waals surface area contributed by atoms with E-state index in [1.807, 2.05) is 24.3 Å². The number of fused-ring (bicyclic) bond motifs is 2. The molecule has 4 aromatic rings. The van der Waals surface area contributed by atoms with Crippen LogP contribution in [-0.2, 0) is 16.6 Å². The predicted octanol–water partition coefficient (Wildman–Crippen LogP) is 5.02. The van der Waals surface area contributed by atoms with E-state index in [4.69, 9.17) is 11.6 Å². The SMILES string of the molecule is CCn1cc(N2CCN(C)CC2)c2cc(NS(=O)(=O)c3cccc4c(Cl)cccc34)ccc21. The molecule has 1 aliphatic rings. The number of piperazine rings is 1. The van der Waals surface area contributed by atoms with Gasteiger partial charge >= 0.3 is 0 Å². The lowest BCUT2D eigenvalue weighted by atomic mass is 10.1. The number of benzene rings is 3. The van der Waals surface area contributed by atoms with Crippen LogP contribution in [0.5, 0.6) is 0 Å². The summed E-state index contributed by atoms with van der Waals surface area (Å²) in [5, 5.41) is 2.91. The van der Waals surface area contributed by atoms with Crippen LogP contribution in [0.15, 0.2) is 65.7 Å². The highest BCUT2D eigenvalue weighted by molar-refractivity contribution is 7.93. The average molecular weight is 483 g/mol. The zero-order valence-electron chi connectivity index (χ0n) is 18.8. The molecule has 8 heteroatoms. The van der Waals surface area contributed by atoms with Crippen molar-refractivity contribution in [3.05, 3.63) is 65.8 Å². The number of halogens is 1. The molecule has 5 rings (SSSR count). The van der Waals surface area contributed by atoms with Crippen molar-refractivity contribution in [2.75, 3.05) is 42.8 Å². The van der Waals surface area contributed by atoms with E-state index in [2.05, 4.69) is 39.3 Å². The van der Waals surface area contributed by atoms with E-state index in [1.54, 1.807) is 30.3 Å². The van der Waals surface area contributed by atoms with Crippen molar-refractivity contribution in [1.29, 1.82) is 0 Å². The minimum Gasteiger partial charge on any atom is -0.367 e. The molecule has 1 N–H and O–H groups in total. The fraction of sp³-hybridized carbons (Fsp3) is 0.280. The third-order valence-electron chi connectivity index (χ3n) is 6.42. The molecule has 1 aliphatic heterocycles. The number of hydrogen-bond donors (Lipinski definition) is 1. The second-order valence-electron chi connectivity index (χ2n) is 8.52. The molecule has 1 fully saturated rings. The van der Waals surface area contributed by atoms with Crippen molar-refractivity contribution in [3.8, 4) is 0 Å². The van der Waals surface area contributed by atoms with Gasteiger partial charge in [0.15, 0.2) is 0 Å². The monoisotopic (exact) mass is 482 g/mol. The van der Waals surface area contributed by atoms with E-state index in [0.29, 0.717) is 16.1 Å². The Morgan fingerprint density at radius 1 is 0.939 bits per heavy atom. The van der Waals surface area contributed by atoms with Crippen molar-refractivity contribution < 1.29 is 8.42 Å². The number of hydrogen-bond acceptors (Lipinski definition) is 4. The first kappa shape index (κ1) is 22.1. The van der Waals surface area contributed by atoms with Gasteiger partial charge in [-0.3, -0.25) is 4.72 Å². The molecule has 0 saturated carbocycles. The van der Waals surface area contributed by atoms with Gasteiger partial charge in [0.1, 0.15) is 0 Å². The molecule has 0 unspecified atom stereocenters. The highest BCUT2D eigenvalue weighted by Crippen LogP contribution is 2.34. The minimum absolute atomic E-state index is 0.216. The molecule has 0 radical (unpaired) electrons. The van der Waals surface area contributed by atoms with Crippen LogP contribution >= 0.6 is 11.6 Å². The highest BCUT2D eigenvalue weighted by atomic mass is 35.5. The molecule has 0 atom stereocenters. The smallest absolute Gasteiger partial charge is 0.262 e. The van der Waals surface area contributed by atoms with Gasteiger partial charge in [0.25, 0.3) is 10.0 Å². The molecular weight excluding hydrogens is 456 g/mol. The lowest BCUT2D eigenvalue weighted by Gasteiger charge is -2.33. The van der Waals surface area contributed by atoms with Crippen LogP contribution in [0, 0.1) is 0 Å². The number of anilines is 2. The number of sulfonamides is 1. The Morgan fingerprint density at radius 2 is 1.67 bits per heavy atom. The minimum atomic E-state index is -3.80. The van der Waals surface area contributed by atoms with Gasteiger partial charge in [-0.25, -0.2) is 8.42 Å². The Labute approximate surface area is 199 Å². The average Bonchev–Trinajstić information content (AvgIpc) is 3.17. The maximum atomic E-state index is 13.4. The fourth-order valence-electron chi connectivity index (χ4n) is 4.59. The predicted molar refractivity (Wildman–Crippen MR) is 137 cm³/mol. The second kappa shape index (κ2) is 8.56. The van der Waals surface area contributed by atoms with Crippen LogP contribution in [0.3, 0.4) is 0 Å². The molecule has 0 aliphatic carbocycles. The summed E-state index contributed by atoms with van der Waals surface area (Å²) in [7, 11) is -1.67. The molecule has 2 heterocycles. The van der Waals surface area contributed by atoms with E-state index in [9.17, 15) is 8.42 Å². The van der Waals surface area contributed by atoms with Crippen LogP contribution in [0.2, 0.25) is 5.02 Å². The van der Waals surface area contributed by atoms with E-state index in [-0.39, 0.29) is 4.90 Å². The highest BCUT2D eigenvalue weighted by Gasteiger charge is 2.21. The molecule has 3 aromatic carbocycles. The van der Waals surface area contributed by atoms with Gasteiger partial charge in [0.2, 0.25) is 0 Å². The van der Waals surface area contributed by atoms with Crippen molar-refractivity contribution >= 4 is 54.7 Å². The first-order valence-corrected chi connectivity index (χ1v) is 13.0. The van der Waals surface area contributed by atoms with Gasteiger partial charge in [-0.05, 0) is 44.3 Å². The van der Waals surface area contributed by atoms with Crippen molar-refractivity contribution in [3.63, 3.8) is 0 Å². The van der Waals surface area contributed by atoms with E-state index in [0.717, 1.165) is 54.7 Å². The molecule has 1 aromatic heterocycles. The van der Waals surface area contributed by atoms with Crippen LogP contribution < -0.4 is 9.62 Å². The van der Waals surface area contributed by atoms with Crippen LogP contribution in [0.4, 0.5) is 11.4 Å². The molecule has 0 amide bonds. The number of rotatable bonds is 5. The standard InChI is InChI=1S/C25H27ClN4O2S/c1-3-29-17-24(30-14-12-28(2)13-15-30)21-16-18(10-11-23(21)29)27-33(31,32)25-9-5-6-19-20(25)7-4-8-22(19)26/h4-11,16-17,27H,3,12-15H2,1-2H3. The summed E-state index contributed by atoms with van der Waals surface area (Å²) < 4.78 is 31.8. The van der Waals surface area contributed by atoms with Crippen LogP contribution in [0.1, 0.15) is 6.92 Å². The quantitative estimate of drug-likeness (QED) is 0.434.